The van der Waals surface area contributed by atoms with Crippen molar-refractivity contribution in [1.29, 1.82) is 0 Å². The Hall–Kier alpha value is -2.97. The molecule has 3 rings (SSSR count). The standard InChI is InChI=1S/C23H25ClN4O3S/c1-5-10-28-20(13-31-19-11-15(2)22(24)16(3)12-19)26-27-23(28)32-14-21(29)25-17-6-8-18(30-4)9-7-17/h5-9,11-12H,1,10,13-14H2,2-4H3,(H,25,29). The van der Waals surface area contributed by atoms with Crippen molar-refractivity contribution in [1.82, 2.24) is 14.8 Å². The highest BCUT2D eigenvalue weighted by atomic mass is 35.5. The summed E-state index contributed by atoms with van der Waals surface area (Å²) in [6.07, 6.45) is 1.75. The molecule has 32 heavy (non-hydrogen) atoms. The average Bonchev–Trinajstić information content (AvgIpc) is 3.16. The monoisotopic (exact) mass is 472 g/mol. The summed E-state index contributed by atoms with van der Waals surface area (Å²) >= 11 is 7.53. The zero-order valence-corrected chi connectivity index (χ0v) is 19.8. The molecule has 3 aromatic rings. The third-order valence-corrected chi connectivity index (χ3v) is 6.15. The zero-order chi connectivity index (χ0) is 23.1. The maximum atomic E-state index is 12.3. The van der Waals surface area contributed by atoms with Gasteiger partial charge in [0.15, 0.2) is 11.0 Å². The summed E-state index contributed by atoms with van der Waals surface area (Å²) in [4.78, 5) is 12.3. The number of methoxy groups -OCH3 is 1. The third-order valence-electron chi connectivity index (χ3n) is 4.59. The van der Waals surface area contributed by atoms with Gasteiger partial charge in [0.1, 0.15) is 18.1 Å². The molecule has 0 aliphatic carbocycles. The molecule has 0 aliphatic rings. The van der Waals surface area contributed by atoms with Gasteiger partial charge >= 0.3 is 0 Å². The normalized spacial score (nSPS) is 10.6. The minimum absolute atomic E-state index is 0.141. The summed E-state index contributed by atoms with van der Waals surface area (Å²) in [7, 11) is 1.60. The third kappa shape index (κ3) is 6.05. The first kappa shape index (κ1) is 23.7. The number of ether oxygens (including phenoxy) is 2. The Kier molecular flexibility index (Phi) is 8.19. The number of carbonyl (C=O) groups is 1. The Morgan fingerprint density at radius 3 is 2.50 bits per heavy atom. The van der Waals surface area contributed by atoms with Crippen LogP contribution in [-0.4, -0.2) is 33.5 Å². The van der Waals surface area contributed by atoms with E-state index in [0.717, 1.165) is 21.9 Å². The van der Waals surface area contributed by atoms with E-state index < -0.39 is 0 Å². The lowest BCUT2D eigenvalue weighted by molar-refractivity contribution is -0.113. The number of halogens is 1. The first-order valence-electron chi connectivity index (χ1n) is 9.90. The van der Waals surface area contributed by atoms with Crippen molar-refractivity contribution < 1.29 is 14.3 Å². The molecule has 168 valence electrons. The van der Waals surface area contributed by atoms with E-state index in [1.54, 1.807) is 37.5 Å². The number of amides is 1. The highest BCUT2D eigenvalue weighted by Crippen LogP contribution is 2.27. The Labute approximate surface area is 196 Å². The number of nitrogens with one attached hydrogen (secondary N) is 1. The van der Waals surface area contributed by atoms with E-state index in [1.807, 2.05) is 30.5 Å². The van der Waals surface area contributed by atoms with E-state index in [-0.39, 0.29) is 18.3 Å². The van der Waals surface area contributed by atoms with Gasteiger partial charge in [-0.25, -0.2) is 0 Å². The van der Waals surface area contributed by atoms with Gasteiger partial charge in [-0.15, -0.1) is 16.8 Å². The van der Waals surface area contributed by atoms with Crippen molar-refractivity contribution in [2.75, 3.05) is 18.2 Å². The molecule has 1 aromatic heterocycles. The highest BCUT2D eigenvalue weighted by Gasteiger charge is 2.15. The number of allylic oxidation sites excluding steroid dienone is 1. The van der Waals surface area contributed by atoms with Gasteiger partial charge in [-0.2, -0.15) is 0 Å². The van der Waals surface area contributed by atoms with Crippen molar-refractivity contribution >= 4 is 35.0 Å². The van der Waals surface area contributed by atoms with E-state index in [2.05, 4.69) is 22.1 Å². The van der Waals surface area contributed by atoms with E-state index >= 15 is 0 Å². The van der Waals surface area contributed by atoms with Gasteiger partial charge in [-0.1, -0.05) is 29.4 Å². The summed E-state index contributed by atoms with van der Waals surface area (Å²) in [6, 6.07) is 10.9. The molecule has 0 aliphatic heterocycles. The second-order valence-corrected chi connectivity index (χ2v) is 8.34. The topological polar surface area (TPSA) is 78.3 Å². The van der Waals surface area contributed by atoms with Gasteiger partial charge < -0.3 is 14.8 Å². The lowest BCUT2D eigenvalue weighted by Crippen LogP contribution is -2.15. The summed E-state index contributed by atoms with van der Waals surface area (Å²) in [5, 5.41) is 12.7. The number of hydrogen-bond acceptors (Lipinski definition) is 6. The van der Waals surface area contributed by atoms with E-state index in [1.165, 1.54) is 11.8 Å². The fraction of sp³-hybridized carbons (Fsp3) is 0.261. The molecule has 1 heterocycles. The van der Waals surface area contributed by atoms with E-state index in [0.29, 0.717) is 29.0 Å². The molecule has 0 spiro atoms. The second-order valence-electron chi connectivity index (χ2n) is 7.02. The lowest BCUT2D eigenvalue weighted by Gasteiger charge is -2.11. The molecule has 0 saturated heterocycles. The van der Waals surface area contributed by atoms with Gasteiger partial charge in [-0.05, 0) is 61.4 Å². The summed E-state index contributed by atoms with van der Waals surface area (Å²) in [6.45, 7) is 8.42. The van der Waals surface area contributed by atoms with Crippen molar-refractivity contribution in [2.45, 2.75) is 32.2 Å². The van der Waals surface area contributed by atoms with Crippen molar-refractivity contribution in [3.63, 3.8) is 0 Å². The number of rotatable bonds is 10. The summed E-state index contributed by atoms with van der Waals surface area (Å²) in [5.41, 5.74) is 2.60. The van der Waals surface area contributed by atoms with Crippen LogP contribution in [0.15, 0.2) is 54.2 Å². The summed E-state index contributed by atoms with van der Waals surface area (Å²) in [5.74, 6) is 2.14. The van der Waals surface area contributed by atoms with Gasteiger partial charge in [0.25, 0.3) is 0 Å². The largest absolute Gasteiger partial charge is 0.497 e. The number of benzene rings is 2. The Balaban J connectivity index is 1.62. The number of carbonyl (C=O) groups excluding carboxylic acids is 1. The van der Waals surface area contributed by atoms with E-state index in [9.17, 15) is 4.79 Å². The number of thioether (sulfide) groups is 1. The number of aromatic nitrogens is 3. The van der Waals surface area contributed by atoms with Crippen LogP contribution in [0.4, 0.5) is 5.69 Å². The molecule has 0 bridgehead atoms. The molecule has 7 nitrogen and oxygen atoms in total. The quantitative estimate of drug-likeness (QED) is 0.328. The Morgan fingerprint density at radius 1 is 1.19 bits per heavy atom. The smallest absolute Gasteiger partial charge is 0.234 e. The molecular weight excluding hydrogens is 448 g/mol. The predicted octanol–water partition coefficient (Wildman–Crippen LogP) is 5.05. The summed E-state index contributed by atoms with van der Waals surface area (Å²) < 4.78 is 12.9. The molecule has 0 saturated carbocycles. The van der Waals surface area contributed by atoms with Gasteiger partial charge in [0.2, 0.25) is 5.91 Å². The van der Waals surface area contributed by atoms with Crippen LogP contribution in [0.25, 0.3) is 0 Å². The first-order valence-corrected chi connectivity index (χ1v) is 11.3. The maximum absolute atomic E-state index is 12.3. The van der Waals surface area contributed by atoms with Gasteiger partial charge in [-0.3, -0.25) is 9.36 Å². The molecule has 0 unspecified atom stereocenters. The van der Waals surface area contributed by atoms with Crippen LogP contribution in [0.2, 0.25) is 5.02 Å². The van der Waals surface area contributed by atoms with Gasteiger partial charge in [0, 0.05) is 17.3 Å². The van der Waals surface area contributed by atoms with Crippen LogP contribution >= 0.6 is 23.4 Å². The Morgan fingerprint density at radius 2 is 1.88 bits per heavy atom. The van der Waals surface area contributed by atoms with Crippen LogP contribution in [0.3, 0.4) is 0 Å². The minimum Gasteiger partial charge on any atom is -0.497 e. The predicted molar refractivity (Wildman–Crippen MR) is 128 cm³/mol. The number of aryl methyl sites for hydroxylation is 2. The van der Waals surface area contributed by atoms with Crippen LogP contribution in [-0.2, 0) is 17.9 Å². The van der Waals surface area contributed by atoms with Crippen LogP contribution in [0, 0.1) is 13.8 Å². The van der Waals surface area contributed by atoms with Crippen molar-refractivity contribution in [2.24, 2.45) is 0 Å². The van der Waals surface area contributed by atoms with Gasteiger partial charge in [0.05, 0.1) is 12.9 Å². The van der Waals surface area contributed by atoms with Crippen molar-refractivity contribution in [3.8, 4) is 11.5 Å². The fourth-order valence-electron chi connectivity index (χ4n) is 2.98. The molecule has 0 radical (unpaired) electrons. The SMILES string of the molecule is C=CCn1c(COc2cc(C)c(Cl)c(C)c2)nnc1SCC(=O)Nc1ccc(OC)cc1. The van der Waals surface area contributed by atoms with Crippen LogP contribution < -0.4 is 14.8 Å². The molecule has 0 atom stereocenters. The zero-order valence-electron chi connectivity index (χ0n) is 18.2. The number of anilines is 1. The molecule has 2 aromatic carbocycles. The van der Waals surface area contributed by atoms with Crippen molar-refractivity contribution in [3.05, 3.63) is 71.0 Å². The molecule has 1 N–H and O–H groups in total. The lowest BCUT2D eigenvalue weighted by atomic mass is 10.1. The molecular formula is C23H25ClN4O3S. The second kappa shape index (κ2) is 11.1. The maximum Gasteiger partial charge on any atom is 0.234 e. The minimum atomic E-state index is -0.141. The van der Waals surface area contributed by atoms with Crippen LogP contribution in [0.5, 0.6) is 11.5 Å². The molecule has 9 heteroatoms. The van der Waals surface area contributed by atoms with Crippen LogP contribution in [0.1, 0.15) is 17.0 Å². The highest BCUT2D eigenvalue weighted by molar-refractivity contribution is 7.99. The number of nitrogens with zero attached hydrogens (tertiary/aromatic N) is 3. The first-order chi connectivity index (χ1) is 15.4. The van der Waals surface area contributed by atoms with E-state index in [4.69, 9.17) is 21.1 Å². The molecule has 1 amide bonds. The molecule has 0 fully saturated rings. The average molecular weight is 473 g/mol. The fourth-order valence-corrected chi connectivity index (χ4v) is 3.86. The number of hydrogen-bond donors (Lipinski definition) is 1. The Bertz CT molecular complexity index is 1080.